The topological polar surface area (TPSA) is 92.9 Å². The minimum atomic E-state index is -0.636. The molecular weight excluding hydrogens is 396 g/mol. The first-order chi connectivity index (χ1) is 14.0. The zero-order valence-electron chi connectivity index (χ0n) is 16.6. The van der Waals surface area contributed by atoms with Crippen molar-refractivity contribution in [3.63, 3.8) is 0 Å². The smallest absolute Gasteiger partial charge is 0.306 e. The van der Waals surface area contributed by atoms with Crippen molar-refractivity contribution in [1.29, 1.82) is 0 Å². The number of rotatable bonds is 9. The number of esters is 1. The lowest BCUT2D eigenvalue weighted by atomic mass is 10.1. The summed E-state index contributed by atoms with van der Waals surface area (Å²) in [5.74, 6) is 1.88. The third kappa shape index (κ3) is 4.86. The van der Waals surface area contributed by atoms with Gasteiger partial charge in [-0.3, -0.25) is 4.79 Å². The largest absolute Gasteiger partial charge is 0.493 e. The van der Waals surface area contributed by atoms with E-state index in [1.54, 1.807) is 28.3 Å². The molecule has 0 saturated heterocycles. The van der Waals surface area contributed by atoms with Crippen LogP contribution in [-0.2, 0) is 16.0 Å². The molecule has 0 bridgehead atoms. The number of methoxy groups -OCH3 is 3. The number of thiophene rings is 1. The van der Waals surface area contributed by atoms with E-state index in [4.69, 9.17) is 23.4 Å². The standard InChI is InChI=1S/C20H22N2O6S/c1-12(19-21-22-20(28-19)16-6-5-9-29-16)27-17(23)8-7-13-10-14(24-2)18(26-4)15(11-13)25-3/h5-6,9-12H,7-8H2,1-4H3. The Hall–Kier alpha value is -3.07. The van der Waals surface area contributed by atoms with Crippen molar-refractivity contribution in [3.8, 4) is 28.0 Å². The third-order valence-corrected chi connectivity index (χ3v) is 5.03. The molecule has 0 amide bonds. The highest BCUT2D eigenvalue weighted by Gasteiger charge is 2.20. The molecule has 0 aliphatic rings. The molecule has 154 valence electrons. The fourth-order valence-electron chi connectivity index (χ4n) is 2.73. The monoisotopic (exact) mass is 418 g/mol. The predicted octanol–water partition coefficient (Wildman–Crippen LogP) is 4.06. The third-order valence-electron chi connectivity index (χ3n) is 4.17. The molecule has 0 fully saturated rings. The summed E-state index contributed by atoms with van der Waals surface area (Å²) in [7, 11) is 4.64. The Morgan fingerprint density at radius 3 is 2.45 bits per heavy atom. The lowest BCUT2D eigenvalue weighted by molar-refractivity contribution is -0.149. The van der Waals surface area contributed by atoms with Crippen molar-refractivity contribution in [2.45, 2.75) is 25.9 Å². The van der Waals surface area contributed by atoms with Crippen LogP contribution in [0.25, 0.3) is 10.8 Å². The zero-order valence-corrected chi connectivity index (χ0v) is 17.4. The van der Waals surface area contributed by atoms with E-state index < -0.39 is 6.10 Å². The first-order valence-electron chi connectivity index (χ1n) is 8.91. The molecule has 1 aromatic carbocycles. The summed E-state index contributed by atoms with van der Waals surface area (Å²) >= 11 is 1.50. The lowest BCUT2D eigenvalue weighted by Crippen LogP contribution is -2.10. The van der Waals surface area contributed by atoms with Crippen LogP contribution < -0.4 is 14.2 Å². The average molecular weight is 418 g/mol. The summed E-state index contributed by atoms with van der Waals surface area (Å²) < 4.78 is 27.0. The first kappa shape index (κ1) is 20.7. The van der Waals surface area contributed by atoms with Gasteiger partial charge in [-0.25, -0.2) is 0 Å². The Labute approximate surface area is 172 Å². The van der Waals surface area contributed by atoms with Gasteiger partial charge in [-0.1, -0.05) is 6.07 Å². The molecule has 1 atom stereocenters. The molecule has 0 radical (unpaired) electrons. The molecule has 8 nitrogen and oxygen atoms in total. The summed E-state index contributed by atoms with van der Waals surface area (Å²) in [4.78, 5) is 13.1. The number of aromatic nitrogens is 2. The molecule has 29 heavy (non-hydrogen) atoms. The quantitative estimate of drug-likeness (QED) is 0.480. The van der Waals surface area contributed by atoms with E-state index in [0.717, 1.165) is 10.4 Å². The summed E-state index contributed by atoms with van der Waals surface area (Å²) in [5, 5.41) is 9.89. The zero-order chi connectivity index (χ0) is 20.8. The van der Waals surface area contributed by atoms with Gasteiger partial charge in [0.15, 0.2) is 17.6 Å². The van der Waals surface area contributed by atoms with Gasteiger partial charge >= 0.3 is 5.97 Å². The summed E-state index contributed by atoms with van der Waals surface area (Å²) in [6.45, 7) is 1.70. The van der Waals surface area contributed by atoms with Gasteiger partial charge in [0.2, 0.25) is 5.75 Å². The van der Waals surface area contributed by atoms with Crippen LogP contribution in [0.15, 0.2) is 34.1 Å². The van der Waals surface area contributed by atoms with Crippen molar-refractivity contribution < 1.29 is 28.2 Å². The van der Waals surface area contributed by atoms with Crippen molar-refractivity contribution in [3.05, 3.63) is 41.1 Å². The van der Waals surface area contributed by atoms with Gasteiger partial charge in [0.25, 0.3) is 11.8 Å². The van der Waals surface area contributed by atoms with Crippen LogP contribution in [0.2, 0.25) is 0 Å². The average Bonchev–Trinajstić information content (AvgIpc) is 3.42. The highest BCUT2D eigenvalue weighted by Crippen LogP contribution is 2.38. The van der Waals surface area contributed by atoms with Gasteiger partial charge in [0.1, 0.15) is 0 Å². The second-order valence-electron chi connectivity index (χ2n) is 6.09. The van der Waals surface area contributed by atoms with Crippen molar-refractivity contribution in [1.82, 2.24) is 10.2 Å². The van der Waals surface area contributed by atoms with Crippen LogP contribution in [0.4, 0.5) is 0 Å². The predicted molar refractivity (Wildman–Crippen MR) is 107 cm³/mol. The molecule has 0 spiro atoms. The molecule has 0 saturated carbocycles. The second kappa shape index (κ2) is 9.42. The summed E-state index contributed by atoms with van der Waals surface area (Å²) in [6.07, 6.45) is -0.00908. The van der Waals surface area contributed by atoms with Crippen LogP contribution in [-0.4, -0.2) is 37.5 Å². The van der Waals surface area contributed by atoms with Gasteiger partial charge in [-0.05, 0) is 42.5 Å². The molecule has 1 unspecified atom stereocenters. The minimum Gasteiger partial charge on any atom is -0.493 e. The Kier molecular flexibility index (Phi) is 6.71. The van der Waals surface area contributed by atoms with E-state index in [2.05, 4.69) is 10.2 Å². The number of carbonyl (C=O) groups excluding carboxylic acids is 1. The maximum absolute atomic E-state index is 12.3. The number of ether oxygens (including phenoxy) is 4. The SMILES string of the molecule is COc1cc(CCC(=O)OC(C)c2nnc(-c3cccs3)o2)cc(OC)c1OC. The van der Waals surface area contributed by atoms with E-state index in [0.29, 0.717) is 29.6 Å². The normalized spacial score (nSPS) is 11.7. The number of hydrogen-bond donors (Lipinski definition) is 0. The van der Waals surface area contributed by atoms with Crippen LogP contribution in [0.3, 0.4) is 0 Å². The Morgan fingerprint density at radius 2 is 1.86 bits per heavy atom. The van der Waals surface area contributed by atoms with Crippen molar-refractivity contribution in [2.24, 2.45) is 0 Å². The maximum atomic E-state index is 12.3. The number of carbonyl (C=O) groups is 1. The molecule has 3 rings (SSSR count). The minimum absolute atomic E-state index is 0.175. The molecular formula is C20H22N2O6S. The summed E-state index contributed by atoms with van der Waals surface area (Å²) in [5.41, 5.74) is 0.863. The van der Waals surface area contributed by atoms with Crippen LogP contribution in [0.5, 0.6) is 17.2 Å². The van der Waals surface area contributed by atoms with Gasteiger partial charge in [0, 0.05) is 6.42 Å². The van der Waals surface area contributed by atoms with E-state index >= 15 is 0 Å². The molecule has 0 N–H and O–H groups in total. The molecule has 0 aliphatic heterocycles. The van der Waals surface area contributed by atoms with Crippen molar-refractivity contribution in [2.75, 3.05) is 21.3 Å². The fraction of sp³-hybridized carbons (Fsp3) is 0.350. The number of aryl methyl sites for hydroxylation is 1. The van der Waals surface area contributed by atoms with E-state index in [1.165, 1.54) is 11.3 Å². The Morgan fingerprint density at radius 1 is 1.14 bits per heavy atom. The molecule has 0 aliphatic carbocycles. The highest BCUT2D eigenvalue weighted by atomic mass is 32.1. The summed E-state index contributed by atoms with van der Waals surface area (Å²) in [6, 6.07) is 7.40. The Balaban J connectivity index is 1.60. The highest BCUT2D eigenvalue weighted by molar-refractivity contribution is 7.13. The first-order valence-corrected chi connectivity index (χ1v) is 9.79. The van der Waals surface area contributed by atoms with E-state index in [1.807, 2.05) is 29.6 Å². The van der Waals surface area contributed by atoms with Gasteiger partial charge < -0.3 is 23.4 Å². The number of benzene rings is 1. The Bertz CT molecular complexity index is 929. The maximum Gasteiger partial charge on any atom is 0.306 e. The molecule has 3 aromatic rings. The van der Waals surface area contributed by atoms with E-state index in [9.17, 15) is 4.79 Å². The van der Waals surface area contributed by atoms with Gasteiger partial charge in [-0.2, -0.15) is 0 Å². The second-order valence-corrected chi connectivity index (χ2v) is 7.04. The van der Waals surface area contributed by atoms with Crippen LogP contribution >= 0.6 is 11.3 Å². The van der Waals surface area contributed by atoms with Gasteiger partial charge in [0.05, 0.1) is 26.2 Å². The number of hydrogen-bond acceptors (Lipinski definition) is 9. The fourth-order valence-corrected chi connectivity index (χ4v) is 3.38. The van der Waals surface area contributed by atoms with Gasteiger partial charge in [-0.15, -0.1) is 21.5 Å². The van der Waals surface area contributed by atoms with Crippen LogP contribution in [0, 0.1) is 0 Å². The molecule has 2 heterocycles. The number of nitrogens with zero attached hydrogens (tertiary/aromatic N) is 2. The van der Waals surface area contributed by atoms with E-state index in [-0.39, 0.29) is 18.3 Å². The van der Waals surface area contributed by atoms with Crippen LogP contribution in [0.1, 0.15) is 30.9 Å². The molecule has 9 heteroatoms. The lowest BCUT2D eigenvalue weighted by Gasteiger charge is -2.14. The van der Waals surface area contributed by atoms with Crippen molar-refractivity contribution >= 4 is 17.3 Å². The molecule has 2 aromatic heterocycles.